The summed E-state index contributed by atoms with van der Waals surface area (Å²) in [5.74, 6) is 0.260. The van der Waals surface area contributed by atoms with Crippen LogP contribution < -0.4 is 0 Å². The fraction of sp³-hybridized carbons (Fsp3) is 0.500. The largest absolute Gasteiger partial charge is 0.229 e. The van der Waals surface area contributed by atoms with Gasteiger partial charge in [0.05, 0.1) is 5.75 Å². The average molecular weight is 279 g/mol. The van der Waals surface area contributed by atoms with Crippen LogP contribution in [0.4, 0.5) is 4.39 Å². The third-order valence-electron chi connectivity index (χ3n) is 2.74. The van der Waals surface area contributed by atoms with Crippen molar-refractivity contribution in [3.05, 3.63) is 35.6 Å². The second kappa shape index (κ2) is 6.36. The van der Waals surface area contributed by atoms with Crippen LogP contribution in [0.5, 0.6) is 0 Å². The van der Waals surface area contributed by atoms with Crippen molar-refractivity contribution in [2.24, 2.45) is 0 Å². The Hall–Kier alpha value is -0.610. The fourth-order valence-corrected chi connectivity index (χ4v) is 2.80. The van der Waals surface area contributed by atoms with Gasteiger partial charge in [-0.15, -0.1) is 11.6 Å². The summed E-state index contributed by atoms with van der Waals surface area (Å²) in [7, 11) is -2.97. The van der Waals surface area contributed by atoms with Crippen LogP contribution in [0, 0.1) is 5.82 Å². The molecule has 0 aromatic heterocycles. The van der Waals surface area contributed by atoms with Crippen molar-refractivity contribution in [1.82, 2.24) is 0 Å². The molecule has 0 spiro atoms. The molecule has 0 radical (unpaired) electrons. The molecule has 0 bridgehead atoms. The first kappa shape index (κ1) is 14.5. The number of sulfone groups is 1. The molecule has 0 N–H and O–H groups in total. The van der Waals surface area contributed by atoms with Crippen molar-refractivity contribution in [2.75, 3.05) is 17.4 Å². The Morgan fingerprint density at radius 1 is 1.29 bits per heavy atom. The summed E-state index contributed by atoms with van der Waals surface area (Å²) >= 11 is 5.83. The molecule has 96 valence electrons. The average Bonchev–Trinajstić information content (AvgIpc) is 2.32. The Balaban J connectivity index is 2.69. The smallest absolute Gasteiger partial charge is 0.150 e. The Morgan fingerprint density at radius 2 is 1.88 bits per heavy atom. The minimum atomic E-state index is -2.97. The van der Waals surface area contributed by atoms with E-state index in [0.717, 1.165) is 5.56 Å². The molecule has 0 saturated heterocycles. The van der Waals surface area contributed by atoms with E-state index in [1.54, 1.807) is 19.1 Å². The molecular formula is C12H16ClFO2S. The zero-order valence-electron chi connectivity index (χ0n) is 9.70. The maximum Gasteiger partial charge on any atom is 0.150 e. The van der Waals surface area contributed by atoms with Gasteiger partial charge in [-0.05, 0) is 30.0 Å². The molecule has 5 heteroatoms. The summed E-state index contributed by atoms with van der Waals surface area (Å²) in [5.41, 5.74) is 0.882. The van der Waals surface area contributed by atoms with Gasteiger partial charge in [0, 0.05) is 11.6 Å². The highest BCUT2D eigenvalue weighted by Gasteiger charge is 2.15. The lowest BCUT2D eigenvalue weighted by Crippen LogP contribution is -2.13. The molecular weight excluding hydrogens is 263 g/mol. The van der Waals surface area contributed by atoms with Crippen molar-refractivity contribution >= 4 is 21.4 Å². The summed E-state index contributed by atoms with van der Waals surface area (Å²) in [6.07, 6.45) is 0.477. The van der Waals surface area contributed by atoms with E-state index in [1.807, 2.05) is 0 Å². The highest BCUT2D eigenvalue weighted by atomic mass is 35.5. The topological polar surface area (TPSA) is 34.1 Å². The Labute approximate surface area is 107 Å². The molecule has 0 saturated carbocycles. The summed E-state index contributed by atoms with van der Waals surface area (Å²) in [6, 6.07) is 6.04. The number of hydrogen-bond donors (Lipinski definition) is 0. The van der Waals surface area contributed by atoms with Crippen molar-refractivity contribution < 1.29 is 12.8 Å². The molecule has 0 aliphatic carbocycles. The van der Waals surface area contributed by atoms with Crippen LogP contribution in [-0.2, 0) is 9.84 Å². The van der Waals surface area contributed by atoms with Gasteiger partial charge in [-0.2, -0.15) is 0 Å². The van der Waals surface area contributed by atoms with Crippen LogP contribution in [-0.4, -0.2) is 25.8 Å². The lowest BCUT2D eigenvalue weighted by molar-refractivity contribution is 0.589. The van der Waals surface area contributed by atoms with E-state index in [1.165, 1.54) is 12.1 Å². The monoisotopic (exact) mass is 278 g/mol. The van der Waals surface area contributed by atoms with Crippen LogP contribution in [0.15, 0.2) is 24.3 Å². The Morgan fingerprint density at radius 3 is 2.35 bits per heavy atom. The van der Waals surface area contributed by atoms with Gasteiger partial charge in [0.25, 0.3) is 0 Å². The van der Waals surface area contributed by atoms with Crippen LogP contribution in [0.2, 0.25) is 0 Å². The molecule has 0 aliphatic heterocycles. The Kier molecular flexibility index (Phi) is 5.40. The van der Waals surface area contributed by atoms with Gasteiger partial charge in [0.1, 0.15) is 15.7 Å². The molecule has 0 heterocycles. The van der Waals surface area contributed by atoms with E-state index in [-0.39, 0.29) is 23.2 Å². The maximum absolute atomic E-state index is 12.8. The molecule has 1 aromatic carbocycles. The normalized spacial score (nSPS) is 13.6. The quantitative estimate of drug-likeness (QED) is 0.750. The van der Waals surface area contributed by atoms with E-state index in [2.05, 4.69) is 0 Å². The minimum Gasteiger partial charge on any atom is -0.229 e. The standard InChI is InChI=1S/C12H16ClFO2S/c1-2-17(15,16)8-7-11(9-13)10-3-5-12(14)6-4-10/h3-6,11H,2,7-9H2,1H3. The number of halogens is 2. The predicted octanol–water partition coefficient (Wildman–Crippen LogP) is 2.97. The number of rotatable bonds is 6. The highest BCUT2D eigenvalue weighted by molar-refractivity contribution is 7.91. The van der Waals surface area contributed by atoms with Gasteiger partial charge in [-0.1, -0.05) is 19.1 Å². The van der Waals surface area contributed by atoms with Crippen LogP contribution in [0.25, 0.3) is 0 Å². The highest BCUT2D eigenvalue weighted by Crippen LogP contribution is 2.22. The van der Waals surface area contributed by atoms with Crippen LogP contribution >= 0.6 is 11.6 Å². The molecule has 1 atom stereocenters. The first-order chi connectivity index (χ1) is 7.98. The van der Waals surface area contributed by atoms with E-state index in [0.29, 0.717) is 12.3 Å². The van der Waals surface area contributed by atoms with Gasteiger partial charge in [-0.25, -0.2) is 12.8 Å². The van der Waals surface area contributed by atoms with E-state index < -0.39 is 9.84 Å². The molecule has 1 aromatic rings. The molecule has 0 fully saturated rings. The molecule has 0 aliphatic rings. The second-order valence-electron chi connectivity index (χ2n) is 3.93. The number of benzene rings is 1. The summed E-state index contributed by atoms with van der Waals surface area (Å²) < 4.78 is 35.6. The molecule has 17 heavy (non-hydrogen) atoms. The second-order valence-corrected chi connectivity index (χ2v) is 6.71. The van der Waals surface area contributed by atoms with E-state index in [9.17, 15) is 12.8 Å². The molecule has 1 unspecified atom stereocenters. The number of hydrogen-bond acceptors (Lipinski definition) is 2. The summed E-state index contributed by atoms with van der Waals surface area (Å²) in [6.45, 7) is 1.63. The van der Waals surface area contributed by atoms with Gasteiger partial charge < -0.3 is 0 Å². The van der Waals surface area contributed by atoms with Crippen LogP contribution in [0.1, 0.15) is 24.8 Å². The first-order valence-electron chi connectivity index (χ1n) is 5.50. The van der Waals surface area contributed by atoms with Gasteiger partial charge in [0.2, 0.25) is 0 Å². The molecule has 1 rings (SSSR count). The van der Waals surface area contributed by atoms with Crippen molar-refractivity contribution in [3.63, 3.8) is 0 Å². The zero-order chi connectivity index (χ0) is 12.9. The van der Waals surface area contributed by atoms with Gasteiger partial charge in [0.15, 0.2) is 0 Å². The number of alkyl halides is 1. The van der Waals surface area contributed by atoms with E-state index >= 15 is 0 Å². The molecule has 0 amide bonds. The molecule has 2 nitrogen and oxygen atoms in total. The Bertz CT molecular complexity index is 442. The maximum atomic E-state index is 12.8. The fourth-order valence-electron chi connectivity index (χ4n) is 1.53. The van der Waals surface area contributed by atoms with Gasteiger partial charge >= 0.3 is 0 Å². The van der Waals surface area contributed by atoms with Crippen LogP contribution in [0.3, 0.4) is 0 Å². The van der Waals surface area contributed by atoms with Crippen molar-refractivity contribution in [1.29, 1.82) is 0 Å². The van der Waals surface area contributed by atoms with Crippen molar-refractivity contribution in [2.45, 2.75) is 19.3 Å². The predicted molar refractivity (Wildman–Crippen MR) is 68.8 cm³/mol. The lowest BCUT2D eigenvalue weighted by atomic mass is 9.99. The van der Waals surface area contributed by atoms with Gasteiger partial charge in [-0.3, -0.25) is 0 Å². The third kappa shape index (κ3) is 4.64. The lowest BCUT2D eigenvalue weighted by Gasteiger charge is -2.14. The minimum absolute atomic E-state index is 0.0430. The van der Waals surface area contributed by atoms with E-state index in [4.69, 9.17) is 11.6 Å². The first-order valence-corrected chi connectivity index (χ1v) is 7.86. The zero-order valence-corrected chi connectivity index (χ0v) is 11.3. The summed E-state index contributed by atoms with van der Waals surface area (Å²) in [4.78, 5) is 0. The third-order valence-corrected chi connectivity index (χ3v) is 4.85. The SMILES string of the molecule is CCS(=O)(=O)CCC(CCl)c1ccc(F)cc1. The summed E-state index contributed by atoms with van der Waals surface area (Å²) in [5, 5.41) is 0. The van der Waals surface area contributed by atoms with Crippen molar-refractivity contribution in [3.8, 4) is 0 Å².